The van der Waals surface area contributed by atoms with Gasteiger partial charge in [-0.2, -0.15) is 0 Å². The molecule has 0 fully saturated rings. The Bertz CT molecular complexity index is 1550. The van der Waals surface area contributed by atoms with Gasteiger partial charge in [-0.25, -0.2) is 18.0 Å². The van der Waals surface area contributed by atoms with E-state index in [4.69, 9.17) is 23.7 Å². The molecule has 0 spiro atoms. The van der Waals surface area contributed by atoms with E-state index in [9.17, 15) is 22.8 Å². The Hall–Kier alpha value is -4.20. The van der Waals surface area contributed by atoms with Crippen molar-refractivity contribution in [2.24, 2.45) is 0 Å². The lowest BCUT2D eigenvalue weighted by molar-refractivity contribution is -0.134. The lowest BCUT2D eigenvalue weighted by Crippen LogP contribution is -2.16. The minimum Gasteiger partial charge on any atom is -0.465 e. The highest BCUT2D eigenvalue weighted by atomic mass is 32.2. The number of sulfone groups is 1. The molecule has 214 valence electrons. The largest absolute Gasteiger partial charge is 0.465 e. The van der Waals surface area contributed by atoms with E-state index in [2.05, 4.69) is 0 Å². The van der Waals surface area contributed by atoms with E-state index < -0.39 is 38.4 Å². The minimum absolute atomic E-state index is 0.0212. The van der Waals surface area contributed by atoms with Gasteiger partial charge in [-0.15, -0.1) is 0 Å². The molecule has 13 heteroatoms. The fourth-order valence-electron chi connectivity index (χ4n) is 3.92. The van der Waals surface area contributed by atoms with Crippen molar-refractivity contribution in [2.75, 3.05) is 28.4 Å². The van der Waals surface area contributed by atoms with Crippen LogP contribution in [0, 0.1) is 6.92 Å². The van der Waals surface area contributed by atoms with Crippen LogP contribution in [0.25, 0.3) is 10.7 Å². The number of esters is 3. The molecule has 40 heavy (non-hydrogen) atoms. The first kappa shape index (κ1) is 30.3. The first-order chi connectivity index (χ1) is 19.0. The number of benzene rings is 1. The Morgan fingerprint density at radius 2 is 1.25 bits per heavy atom. The molecular formula is C27H30N2O10S. The summed E-state index contributed by atoms with van der Waals surface area (Å²) in [5.41, 5.74) is 0.874. The minimum atomic E-state index is -4.47. The van der Waals surface area contributed by atoms with Crippen molar-refractivity contribution in [3.05, 3.63) is 76.9 Å². The number of carbonyl (C=O) groups excluding carboxylic acids is 3. The molecule has 0 radical (unpaired) electrons. The summed E-state index contributed by atoms with van der Waals surface area (Å²) in [7, 11) is 0.694. The zero-order valence-electron chi connectivity index (χ0n) is 22.9. The molecular weight excluding hydrogens is 544 g/mol. The monoisotopic (exact) mass is 574 g/mol. The molecule has 0 aliphatic carbocycles. The summed E-state index contributed by atoms with van der Waals surface area (Å²) in [6, 6.07) is 8.67. The fraction of sp³-hybridized carbons (Fsp3) is 0.296. The number of carbonyl (C=O) groups is 3. The Morgan fingerprint density at radius 3 is 1.70 bits per heavy atom. The van der Waals surface area contributed by atoms with Crippen LogP contribution in [-0.4, -0.2) is 63.9 Å². The molecule has 0 aliphatic heterocycles. The summed E-state index contributed by atoms with van der Waals surface area (Å²) in [6.45, 7) is 2.60. The lowest BCUT2D eigenvalue weighted by Gasteiger charge is -2.19. The second kappa shape index (κ2) is 12.8. The van der Waals surface area contributed by atoms with Crippen LogP contribution in [-0.2, 0) is 51.8 Å². The molecule has 0 unspecified atom stereocenters. The van der Waals surface area contributed by atoms with Crippen molar-refractivity contribution in [3.63, 3.8) is 0 Å². The molecule has 0 N–H and O–H groups in total. The quantitative estimate of drug-likeness (QED) is 0.190. The van der Waals surface area contributed by atoms with Crippen molar-refractivity contribution in [1.29, 1.82) is 0 Å². The molecule has 2 aromatic heterocycles. The highest BCUT2D eigenvalue weighted by molar-refractivity contribution is 8.01. The predicted molar refractivity (Wildman–Crippen MR) is 143 cm³/mol. The molecule has 0 bridgehead atoms. The second-order valence-electron chi connectivity index (χ2n) is 8.55. The maximum absolute atomic E-state index is 14.4. The van der Waals surface area contributed by atoms with Crippen molar-refractivity contribution >= 4 is 38.4 Å². The lowest BCUT2D eigenvalue weighted by atomic mass is 10.2. The van der Waals surface area contributed by atoms with E-state index in [1.807, 2.05) is 0 Å². The molecule has 0 amide bonds. The summed E-state index contributed by atoms with van der Waals surface area (Å²) in [4.78, 5) is 36.7. The Balaban J connectivity index is 2.55. The van der Waals surface area contributed by atoms with Gasteiger partial charge in [0.15, 0.2) is 5.76 Å². The number of aromatic nitrogens is 2. The van der Waals surface area contributed by atoms with E-state index in [1.165, 1.54) is 74.2 Å². The van der Waals surface area contributed by atoms with Gasteiger partial charge in [-0.1, -0.05) is 17.7 Å². The van der Waals surface area contributed by atoms with Crippen LogP contribution in [0.4, 0.5) is 0 Å². The zero-order valence-corrected chi connectivity index (χ0v) is 23.7. The molecule has 3 aromatic rings. The Labute approximate surface area is 231 Å². The van der Waals surface area contributed by atoms with Crippen LogP contribution in [0.1, 0.15) is 44.6 Å². The van der Waals surface area contributed by atoms with E-state index in [1.54, 1.807) is 19.1 Å². The predicted octanol–water partition coefficient (Wildman–Crippen LogP) is 3.24. The van der Waals surface area contributed by atoms with Gasteiger partial charge < -0.3 is 32.8 Å². The van der Waals surface area contributed by atoms with Crippen molar-refractivity contribution in [2.45, 2.75) is 32.2 Å². The van der Waals surface area contributed by atoms with Gasteiger partial charge in [-0.3, -0.25) is 4.79 Å². The summed E-state index contributed by atoms with van der Waals surface area (Å²) in [5.74, 6) is -2.69. The molecule has 12 nitrogen and oxygen atoms in total. The molecule has 0 atom stereocenters. The van der Waals surface area contributed by atoms with Gasteiger partial charge in [-0.05, 0) is 31.2 Å². The Morgan fingerprint density at radius 1 is 0.775 bits per heavy atom. The first-order valence-electron chi connectivity index (χ1n) is 11.8. The molecule has 3 rings (SSSR count). The highest BCUT2D eigenvalue weighted by Gasteiger charge is 2.34. The van der Waals surface area contributed by atoms with Crippen molar-refractivity contribution in [1.82, 2.24) is 9.13 Å². The molecule has 0 saturated heterocycles. The third-order valence-electron chi connectivity index (χ3n) is 5.69. The van der Waals surface area contributed by atoms with Crippen LogP contribution in [0.5, 0.6) is 0 Å². The Kier molecular flexibility index (Phi) is 9.69. The zero-order chi connectivity index (χ0) is 29.6. The molecule has 0 saturated carbocycles. The van der Waals surface area contributed by atoms with E-state index in [0.29, 0.717) is 0 Å². The SMILES string of the molecule is COCn1cc(C(=O)OC)cc1/C(OC(C)=O)=C(/c1cc(C(=O)OC)cn1COC)S(=O)(=O)c1ccc(C)cc1. The normalized spacial score (nSPS) is 12.1. The average molecular weight is 575 g/mol. The van der Waals surface area contributed by atoms with Crippen LogP contribution >= 0.6 is 0 Å². The highest BCUT2D eigenvalue weighted by Crippen LogP contribution is 2.38. The number of hydrogen-bond acceptors (Lipinski definition) is 10. The van der Waals surface area contributed by atoms with Crippen LogP contribution in [0.2, 0.25) is 0 Å². The third-order valence-corrected chi connectivity index (χ3v) is 7.51. The van der Waals surface area contributed by atoms with Gasteiger partial charge in [0.25, 0.3) is 0 Å². The van der Waals surface area contributed by atoms with Crippen LogP contribution < -0.4 is 0 Å². The number of aryl methyl sites for hydroxylation is 1. The third kappa shape index (κ3) is 6.33. The van der Waals surface area contributed by atoms with E-state index in [0.717, 1.165) is 12.5 Å². The average Bonchev–Trinajstić information content (AvgIpc) is 3.52. The summed E-state index contributed by atoms with van der Waals surface area (Å²) < 4.78 is 57.2. The van der Waals surface area contributed by atoms with Gasteiger partial charge in [0, 0.05) is 33.5 Å². The maximum atomic E-state index is 14.4. The van der Waals surface area contributed by atoms with Crippen LogP contribution in [0.3, 0.4) is 0 Å². The molecule has 2 heterocycles. The fourth-order valence-corrected chi connectivity index (χ4v) is 5.49. The van der Waals surface area contributed by atoms with Gasteiger partial charge in [0.1, 0.15) is 18.4 Å². The molecule has 1 aromatic carbocycles. The van der Waals surface area contributed by atoms with Gasteiger partial charge in [0.2, 0.25) is 9.84 Å². The first-order valence-corrected chi connectivity index (χ1v) is 13.3. The van der Waals surface area contributed by atoms with Gasteiger partial charge in [0.05, 0.1) is 41.6 Å². The van der Waals surface area contributed by atoms with Crippen molar-refractivity contribution < 1.29 is 46.5 Å². The summed E-state index contributed by atoms with van der Waals surface area (Å²) in [6.07, 6.45) is 2.73. The van der Waals surface area contributed by atoms with Crippen LogP contribution in [0.15, 0.2) is 53.7 Å². The second-order valence-corrected chi connectivity index (χ2v) is 10.4. The topological polar surface area (TPSA) is 141 Å². The smallest absolute Gasteiger partial charge is 0.339 e. The maximum Gasteiger partial charge on any atom is 0.339 e. The number of ether oxygens (including phenoxy) is 5. The number of rotatable bonds is 11. The number of nitrogens with zero attached hydrogens (tertiary/aromatic N) is 2. The van der Waals surface area contributed by atoms with Crippen molar-refractivity contribution in [3.8, 4) is 0 Å². The van der Waals surface area contributed by atoms with E-state index >= 15 is 0 Å². The number of methoxy groups -OCH3 is 4. The summed E-state index contributed by atoms with van der Waals surface area (Å²) >= 11 is 0. The molecule has 0 aliphatic rings. The summed E-state index contributed by atoms with van der Waals surface area (Å²) in [5, 5.41) is 0. The van der Waals surface area contributed by atoms with E-state index in [-0.39, 0.29) is 40.9 Å². The van der Waals surface area contributed by atoms with Gasteiger partial charge >= 0.3 is 17.9 Å². The number of hydrogen-bond donors (Lipinski definition) is 0. The standard InChI is InChI=1S/C27H30N2O10S/c1-17-7-9-21(10-8-17)40(33,34)25(23-12-20(27(32)38-6)14-29(23)16-36-4)24(39-18(2)30)22-11-19(26(31)37-5)13-28(22)15-35-3/h7-14H,15-16H2,1-6H3/b25-24+.